The molecule has 0 saturated carbocycles. The number of likely N-dealkylation sites (N-methyl/N-ethyl adjacent to an activating group) is 1. The highest BCUT2D eigenvalue weighted by Gasteiger charge is 2.36. The van der Waals surface area contributed by atoms with E-state index in [1.54, 1.807) is 24.1 Å². The highest BCUT2D eigenvalue weighted by atomic mass is 35.5. The summed E-state index contributed by atoms with van der Waals surface area (Å²) in [5, 5.41) is 13.9. The van der Waals surface area contributed by atoms with E-state index in [4.69, 9.17) is 29.6 Å². The standard InChI is InChI=1S/C15H16Cl2N2O2/c1-3-4-18-14(21)8-19(2)15-11-5-9(16)6-12(17)10(11)7-13(15)20/h1,5-6,13,15,20H,4,7-8H2,2H3,(H,18,21). The first-order valence-electron chi connectivity index (χ1n) is 6.50. The maximum atomic E-state index is 11.7. The van der Waals surface area contributed by atoms with Gasteiger partial charge in [0.2, 0.25) is 5.91 Å². The largest absolute Gasteiger partial charge is 0.391 e. The summed E-state index contributed by atoms with van der Waals surface area (Å²) in [6.07, 6.45) is 4.93. The zero-order valence-electron chi connectivity index (χ0n) is 11.6. The Morgan fingerprint density at radius 1 is 1.57 bits per heavy atom. The van der Waals surface area contributed by atoms with Gasteiger partial charge in [-0.2, -0.15) is 0 Å². The number of amides is 1. The number of aliphatic hydroxyl groups excluding tert-OH is 1. The van der Waals surface area contributed by atoms with Crippen molar-refractivity contribution in [1.29, 1.82) is 0 Å². The Balaban J connectivity index is 2.18. The van der Waals surface area contributed by atoms with Gasteiger partial charge in [-0.25, -0.2) is 0 Å². The molecule has 2 N–H and O–H groups in total. The first-order valence-corrected chi connectivity index (χ1v) is 7.26. The van der Waals surface area contributed by atoms with Gasteiger partial charge in [-0.3, -0.25) is 9.69 Å². The van der Waals surface area contributed by atoms with Crippen molar-refractivity contribution < 1.29 is 9.90 Å². The summed E-state index contributed by atoms with van der Waals surface area (Å²) in [6, 6.07) is 3.14. The van der Waals surface area contributed by atoms with Crippen LogP contribution in [0.2, 0.25) is 10.0 Å². The number of fused-ring (bicyclic) bond motifs is 1. The molecule has 0 heterocycles. The fourth-order valence-electron chi connectivity index (χ4n) is 2.69. The van der Waals surface area contributed by atoms with Crippen molar-refractivity contribution in [2.75, 3.05) is 20.1 Å². The van der Waals surface area contributed by atoms with Crippen molar-refractivity contribution in [3.63, 3.8) is 0 Å². The van der Waals surface area contributed by atoms with E-state index in [0.29, 0.717) is 16.5 Å². The molecule has 6 heteroatoms. The molecule has 0 aromatic heterocycles. The minimum atomic E-state index is -0.624. The predicted molar refractivity (Wildman–Crippen MR) is 83.4 cm³/mol. The van der Waals surface area contributed by atoms with Crippen LogP contribution in [0.4, 0.5) is 0 Å². The summed E-state index contributed by atoms with van der Waals surface area (Å²) in [5.74, 6) is 2.16. The number of carbonyl (C=O) groups excluding carboxylic acids is 1. The molecule has 1 amide bonds. The Morgan fingerprint density at radius 3 is 2.95 bits per heavy atom. The first kappa shape index (κ1) is 16.1. The third-order valence-electron chi connectivity index (χ3n) is 3.55. The highest BCUT2D eigenvalue weighted by molar-refractivity contribution is 6.35. The van der Waals surface area contributed by atoms with Crippen LogP contribution in [-0.4, -0.2) is 42.2 Å². The Bertz CT molecular complexity index is 598. The van der Waals surface area contributed by atoms with Gasteiger partial charge in [0.15, 0.2) is 0 Å². The van der Waals surface area contributed by atoms with Gasteiger partial charge < -0.3 is 10.4 Å². The van der Waals surface area contributed by atoms with Gasteiger partial charge in [-0.15, -0.1) is 6.42 Å². The van der Waals surface area contributed by atoms with Crippen LogP contribution in [-0.2, 0) is 11.2 Å². The van der Waals surface area contributed by atoms with Crippen molar-refractivity contribution in [1.82, 2.24) is 10.2 Å². The fraction of sp³-hybridized carbons (Fsp3) is 0.400. The van der Waals surface area contributed by atoms with Crippen LogP contribution in [0.25, 0.3) is 0 Å². The number of hydrogen-bond donors (Lipinski definition) is 2. The summed E-state index contributed by atoms with van der Waals surface area (Å²) in [4.78, 5) is 13.5. The molecule has 1 aromatic carbocycles. The lowest BCUT2D eigenvalue weighted by atomic mass is 10.1. The lowest BCUT2D eigenvalue weighted by Crippen LogP contribution is -2.39. The van der Waals surface area contributed by atoms with E-state index in [0.717, 1.165) is 11.1 Å². The van der Waals surface area contributed by atoms with Crippen LogP contribution in [0, 0.1) is 12.3 Å². The molecule has 1 aromatic rings. The van der Waals surface area contributed by atoms with Gasteiger partial charge in [-0.05, 0) is 30.3 Å². The van der Waals surface area contributed by atoms with Crippen LogP contribution in [0.3, 0.4) is 0 Å². The van der Waals surface area contributed by atoms with Crippen molar-refractivity contribution in [2.45, 2.75) is 18.6 Å². The minimum absolute atomic E-state index is 0.132. The highest BCUT2D eigenvalue weighted by Crippen LogP contribution is 2.40. The zero-order chi connectivity index (χ0) is 15.6. The SMILES string of the molecule is C#CCNC(=O)CN(C)C1c2cc(Cl)cc(Cl)c2CC1O. The molecular weight excluding hydrogens is 311 g/mol. The maximum absolute atomic E-state index is 11.7. The maximum Gasteiger partial charge on any atom is 0.234 e. The van der Waals surface area contributed by atoms with Crippen LogP contribution in [0.1, 0.15) is 17.2 Å². The fourth-order valence-corrected chi connectivity index (χ4v) is 3.28. The first-order chi connectivity index (χ1) is 9.93. The molecule has 0 bridgehead atoms. The summed E-state index contributed by atoms with van der Waals surface area (Å²) in [5.41, 5.74) is 1.75. The van der Waals surface area contributed by atoms with E-state index in [2.05, 4.69) is 11.2 Å². The average Bonchev–Trinajstić information content (AvgIpc) is 2.73. The topological polar surface area (TPSA) is 52.6 Å². The molecule has 0 fully saturated rings. The summed E-state index contributed by atoms with van der Waals surface area (Å²) < 4.78 is 0. The quantitative estimate of drug-likeness (QED) is 0.827. The molecule has 2 unspecified atom stereocenters. The molecule has 0 radical (unpaired) electrons. The molecule has 1 aliphatic carbocycles. The number of carbonyl (C=O) groups is 1. The van der Waals surface area contributed by atoms with E-state index in [1.807, 2.05) is 0 Å². The van der Waals surface area contributed by atoms with E-state index in [-0.39, 0.29) is 25.0 Å². The van der Waals surface area contributed by atoms with Crippen LogP contribution >= 0.6 is 23.2 Å². The lowest BCUT2D eigenvalue weighted by Gasteiger charge is -2.27. The molecule has 4 nitrogen and oxygen atoms in total. The molecule has 2 atom stereocenters. The minimum Gasteiger partial charge on any atom is -0.391 e. The molecule has 0 saturated heterocycles. The molecular formula is C15H16Cl2N2O2. The molecule has 21 heavy (non-hydrogen) atoms. The summed E-state index contributed by atoms with van der Waals surface area (Å²) in [6.45, 7) is 0.321. The van der Waals surface area contributed by atoms with E-state index >= 15 is 0 Å². The zero-order valence-corrected chi connectivity index (χ0v) is 13.1. The van der Waals surface area contributed by atoms with Crippen molar-refractivity contribution >= 4 is 29.1 Å². The van der Waals surface area contributed by atoms with Crippen LogP contribution in [0.15, 0.2) is 12.1 Å². The van der Waals surface area contributed by atoms with Crippen LogP contribution in [0.5, 0.6) is 0 Å². The average molecular weight is 327 g/mol. The van der Waals surface area contributed by atoms with Gasteiger partial charge >= 0.3 is 0 Å². The Morgan fingerprint density at radius 2 is 2.29 bits per heavy atom. The van der Waals surface area contributed by atoms with E-state index in [1.165, 1.54) is 0 Å². The molecule has 1 aliphatic rings. The monoisotopic (exact) mass is 326 g/mol. The van der Waals surface area contributed by atoms with Crippen LogP contribution < -0.4 is 5.32 Å². The Hall–Kier alpha value is -1.25. The number of hydrogen-bond acceptors (Lipinski definition) is 3. The number of nitrogens with one attached hydrogen (secondary N) is 1. The Labute approximate surface area is 134 Å². The Kier molecular flexibility index (Phi) is 5.13. The van der Waals surface area contributed by atoms with E-state index < -0.39 is 6.10 Å². The molecule has 0 spiro atoms. The third kappa shape index (κ3) is 3.50. The number of halogens is 2. The second kappa shape index (κ2) is 6.67. The molecule has 112 valence electrons. The van der Waals surface area contributed by atoms with Gasteiger partial charge in [0, 0.05) is 16.5 Å². The molecule has 2 rings (SSSR count). The second-order valence-corrected chi connectivity index (χ2v) is 5.91. The lowest BCUT2D eigenvalue weighted by molar-refractivity contribution is -0.122. The number of rotatable bonds is 4. The summed E-state index contributed by atoms with van der Waals surface area (Å²) >= 11 is 12.2. The van der Waals surface area contributed by atoms with Gasteiger partial charge in [0.1, 0.15) is 0 Å². The normalized spacial score (nSPS) is 20.2. The summed E-state index contributed by atoms with van der Waals surface area (Å²) in [7, 11) is 1.77. The van der Waals surface area contributed by atoms with E-state index in [9.17, 15) is 9.90 Å². The number of nitrogens with zero attached hydrogens (tertiary/aromatic N) is 1. The number of terminal acetylenes is 1. The van der Waals surface area contributed by atoms with Crippen molar-refractivity contribution in [3.8, 4) is 12.3 Å². The second-order valence-electron chi connectivity index (χ2n) is 5.07. The van der Waals surface area contributed by atoms with Gasteiger partial charge in [0.25, 0.3) is 0 Å². The predicted octanol–water partition coefficient (Wildman–Crippen LogP) is 1.63. The smallest absolute Gasteiger partial charge is 0.234 e. The van der Waals surface area contributed by atoms with Gasteiger partial charge in [-0.1, -0.05) is 29.1 Å². The van der Waals surface area contributed by atoms with Crippen molar-refractivity contribution in [3.05, 3.63) is 33.3 Å². The number of aliphatic hydroxyl groups is 1. The third-order valence-corrected chi connectivity index (χ3v) is 4.10. The number of benzene rings is 1. The van der Waals surface area contributed by atoms with Gasteiger partial charge in [0.05, 0.1) is 25.2 Å². The molecule has 0 aliphatic heterocycles. The van der Waals surface area contributed by atoms with Crippen molar-refractivity contribution in [2.24, 2.45) is 0 Å².